The molecule has 0 aliphatic heterocycles. The molecule has 1 N–H and O–H groups in total. The zero-order valence-electron chi connectivity index (χ0n) is 14.6. The molecule has 3 nitrogen and oxygen atoms in total. The van der Waals surface area contributed by atoms with Crippen molar-refractivity contribution in [1.82, 2.24) is 5.32 Å². The molecule has 128 valence electrons. The number of ether oxygens (including phenoxy) is 1. The molecule has 4 heteroatoms. The topological polar surface area (TPSA) is 38.3 Å². The molecule has 0 aliphatic carbocycles. The SMILES string of the molecule is CC[C@H](Oc1ccc(F)cc1)C(=O)N[C@H](C)c1ccc(C)c(C)c1. The molecule has 0 saturated heterocycles. The van der Waals surface area contributed by atoms with Crippen LogP contribution >= 0.6 is 0 Å². The van der Waals surface area contributed by atoms with Gasteiger partial charge in [-0.25, -0.2) is 4.39 Å². The lowest BCUT2D eigenvalue weighted by Gasteiger charge is -2.21. The van der Waals surface area contributed by atoms with E-state index in [1.165, 1.54) is 35.4 Å². The summed E-state index contributed by atoms with van der Waals surface area (Å²) >= 11 is 0. The van der Waals surface area contributed by atoms with Crippen molar-refractivity contribution in [2.45, 2.75) is 46.3 Å². The second kappa shape index (κ2) is 7.95. The first kappa shape index (κ1) is 18.0. The molecule has 0 fully saturated rings. The number of hydrogen-bond acceptors (Lipinski definition) is 2. The van der Waals surface area contributed by atoms with Crippen molar-refractivity contribution in [2.75, 3.05) is 0 Å². The molecule has 24 heavy (non-hydrogen) atoms. The van der Waals surface area contributed by atoms with Gasteiger partial charge in [0.25, 0.3) is 5.91 Å². The molecule has 0 aromatic heterocycles. The van der Waals surface area contributed by atoms with Gasteiger partial charge in [-0.2, -0.15) is 0 Å². The van der Waals surface area contributed by atoms with E-state index in [1.807, 2.05) is 19.9 Å². The largest absolute Gasteiger partial charge is 0.481 e. The Kier molecular flexibility index (Phi) is 5.96. The van der Waals surface area contributed by atoms with Crippen LogP contribution < -0.4 is 10.1 Å². The number of carbonyl (C=O) groups is 1. The lowest BCUT2D eigenvalue weighted by atomic mass is 10.0. The second-order valence-corrected chi connectivity index (χ2v) is 6.04. The molecule has 0 heterocycles. The average molecular weight is 329 g/mol. The minimum atomic E-state index is -0.607. The lowest BCUT2D eigenvalue weighted by Crippen LogP contribution is -2.39. The van der Waals surface area contributed by atoms with E-state index in [4.69, 9.17) is 4.74 Å². The lowest BCUT2D eigenvalue weighted by molar-refractivity contribution is -0.128. The molecule has 0 spiro atoms. The van der Waals surface area contributed by atoms with Crippen molar-refractivity contribution in [3.05, 3.63) is 65.0 Å². The third kappa shape index (κ3) is 4.57. The number of hydrogen-bond donors (Lipinski definition) is 1. The van der Waals surface area contributed by atoms with E-state index in [1.54, 1.807) is 0 Å². The van der Waals surface area contributed by atoms with Crippen molar-refractivity contribution >= 4 is 5.91 Å². The van der Waals surface area contributed by atoms with Gasteiger partial charge in [0, 0.05) is 0 Å². The van der Waals surface area contributed by atoms with Crippen molar-refractivity contribution < 1.29 is 13.9 Å². The van der Waals surface area contributed by atoms with Crippen LogP contribution in [0.4, 0.5) is 4.39 Å². The highest BCUT2D eigenvalue weighted by atomic mass is 19.1. The number of benzene rings is 2. The van der Waals surface area contributed by atoms with E-state index < -0.39 is 6.10 Å². The molecule has 0 aliphatic rings. The Balaban J connectivity index is 2.02. The molecule has 0 unspecified atom stereocenters. The van der Waals surface area contributed by atoms with Gasteiger partial charge >= 0.3 is 0 Å². The fraction of sp³-hybridized carbons (Fsp3) is 0.350. The monoisotopic (exact) mass is 329 g/mol. The summed E-state index contributed by atoms with van der Waals surface area (Å²) in [6.07, 6.45) is -0.0764. The normalized spacial score (nSPS) is 13.2. The summed E-state index contributed by atoms with van der Waals surface area (Å²) < 4.78 is 18.6. The fourth-order valence-electron chi connectivity index (χ4n) is 2.42. The van der Waals surface area contributed by atoms with Gasteiger partial charge in [0.15, 0.2) is 6.10 Å². The molecule has 2 aromatic carbocycles. The first-order chi connectivity index (χ1) is 11.4. The number of rotatable bonds is 6. The number of amides is 1. The molecule has 0 bridgehead atoms. The highest BCUT2D eigenvalue weighted by molar-refractivity contribution is 5.81. The summed E-state index contributed by atoms with van der Waals surface area (Å²) in [5.74, 6) is -0.0204. The van der Waals surface area contributed by atoms with Gasteiger partial charge in [0.2, 0.25) is 0 Å². The van der Waals surface area contributed by atoms with Crippen LogP contribution in [0.15, 0.2) is 42.5 Å². The van der Waals surface area contributed by atoms with Crippen LogP contribution in [0.5, 0.6) is 5.75 Å². The van der Waals surface area contributed by atoms with Crippen LogP contribution in [0.2, 0.25) is 0 Å². The van der Waals surface area contributed by atoms with Gasteiger partial charge in [0.05, 0.1) is 6.04 Å². The zero-order valence-corrected chi connectivity index (χ0v) is 14.6. The van der Waals surface area contributed by atoms with Gasteiger partial charge in [-0.05, 0) is 68.1 Å². The van der Waals surface area contributed by atoms with Crippen molar-refractivity contribution in [3.8, 4) is 5.75 Å². The Bertz CT molecular complexity index is 697. The maximum absolute atomic E-state index is 13.0. The number of aryl methyl sites for hydroxylation is 2. The zero-order chi connectivity index (χ0) is 17.7. The Morgan fingerprint density at radius 2 is 1.79 bits per heavy atom. The Morgan fingerprint density at radius 1 is 1.12 bits per heavy atom. The highest BCUT2D eigenvalue weighted by Crippen LogP contribution is 2.18. The summed E-state index contributed by atoms with van der Waals surface area (Å²) in [5, 5.41) is 2.99. The molecular formula is C20H24FNO2. The van der Waals surface area contributed by atoms with Gasteiger partial charge in [-0.15, -0.1) is 0 Å². The van der Waals surface area contributed by atoms with Gasteiger partial charge in [-0.3, -0.25) is 4.79 Å². The second-order valence-electron chi connectivity index (χ2n) is 6.04. The summed E-state index contributed by atoms with van der Waals surface area (Å²) in [6, 6.07) is 11.7. The van der Waals surface area contributed by atoms with Crippen LogP contribution in [0.3, 0.4) is 0 Å². The summed E-state index contributed by atoms with van der Waals surface area (Å²) in [7, 11) is 0. The molecule has 2 rings (SSSR count). The highest BCUT2D eigenvalue weighted by Gasteiger charge is 2.20. The molecule has 0 saturated carbocycles. The minimum absolute atomic E-state index is 0.109. The summed E-state index contributed by atoms with van der Waals surface area (Å²) in [4.78, 5) is 12.5. The number of halogens is 1. The van der Waals surface area contributed by atoms with Crippen molar-refractivity contribution in [2.24, 2.45) is 0 Å². The Hall–Kier alpha value is -2.36. The summed E-state index contributed by atoms with van der Waals surface area (Å²) in [5.41, 5.74) is 3.48. The van der Waals surface area contributed by atoms with E-state index in [0.717, 1.165) is 5.56 Å². The third-order valence-electron chi connectivity index (χ3n) is 4.14. The van der Waals surface area contributed by atoms with Crippen molar-refractivity contribution in [1.29, 1.82) is 0 Å². The predicted molar refractivity (Wildman–Crippen MR) is 93.6 cm³/mol. The van der Waals surface area contributed by atoms with Gasteiger partial charge in [0.1, 0.15) is 11.6 Å². The van der Waals surface area contributed by atoms with Crippen LogP contribution in [-0.2, 0) is 4.79 Å². The molecule has 0 radical (unpaired) electrons. The standard InChI is InChI=1S/C20H24FNO2/c1-5-19(24-18-10-8-17(21)9-11-18)20(23)22-15(4)16-7-6-13(2)14(3)12-16/h6-12,15,19H,5H2,1-4H3,(H,22,23)/t15-,19+/m1/s1. The average Bonchev–Trinajstić information content (AvgIpc) is 2.56. The molecule has 2 aromatic rings. The van der Waals surface area contributed by atoms with Crippen molar-refractivity contribution in [3.63, 3.8) is 0 Å². The van der Waals surface area contributed by atoms with E-state index in [0.29, 0.717) is 12.2 Å². The number of nitrogens with one attached hydrogen (secondary N) is 1. The quantitative estimate of drug-likeness (QED) is 0.849. The third-order valence-corrected chi connectivity index (χ3v) is 4.14. The maximum Gasteiger partial charge on any atom is 0.261 e. The number of carbonyl (C=O) groups excluding carboxylic acids is 1. The molecule has 2 atom stereocenters. The fourth-order valence-corrected chi connectivity index (χ4v) is 2.42. The van der Waals surface area contributed by atoms with Crippen LogP contribution in [0.1, 0.15) is 43.0 Å². The Labute approximate surface area is 142 Å². The molecular weight excluding hydrogens is 305 g/mol. The van der Waals surface area contributed by atoms with E-state index >= 15 is 0 Å². The van der Waals surface area contributed by atoms with E-state index in [9.17, 15) is 9.18 Å². The minimum Gasteiger partial charge on any atom is -0.481 e. The van der Waals surface area contributed by atoms with E-state index in [-0.39, 0.29) is 17.8 Å². The molecule has 1 amide bonds. The Morgan fingerprint density at radius 3 is 2.38 bits per heavy atom. The smallest absolute Gasteiger partial charge is 0.261 e. The van der Waals surface area contributed by atoms with Crippen LogP contribution in [0, 0.1) is 19.7 Å². The maximum atomic E-state index is 13.0. The summed E-state index contributed by atoms with van der Waals surface area (Å²) in [6.45, 7) is 7.95. The van der Waals surface area contributed by atoms with Crippen LogP contribution in [0.25, 0.3) is 0 Å². The predicted octanol–water partition coefficient (Wildman–Crippen LogP) is 4.48. The van der Waals surface area contributed by atoms with Gasteiger partial charge in [-0.1, -0.05) is 25.1 Å². The van der Waals surface area contributed by atoms with E-state index in [2.05, 4.69) is 31.3 Å². The first-order valence-electron chi connectivity index (χ1n) is 8.20. The van der Waals surface area contributed by atoms with Gasteiger partial charge < -0.3 is 10.1 Å². The first-order valence-corrected chi connectivity index (χ1v) is 8.20. The van der Waals surface area contributed by atoms with Crippen LogP contribution in [-0.4, -0.2) is 12.0 Å².